The molecule has 0 aliphatic heterocycles. The molecule has 2 rings (SSSR count). The molecule has 1 aromatic heterocycles. The van der Waals surface area contributed by atoms with Gasteiger partial charge in [-0.2, -0.15) is 5.10 Å². The molecule has 1 aliphatic carbocycles. The van der Waals surface area contributed by atoms with Gasteiger partial charge in [0.15, 0.2) is 0 Å². The molecule has 0 amide bonds. The lowest BCUT2D eigenvalue weighted by atomic mass is 9.96. The Morgan fingerprint density at radius 2 is 2.27 bits per heavy atom. The summed E-state index contributed by atoms with van der Waals surface area (Å²) in [5, 5.41) is 14.3. The van der Waals surface area contributed by atoms with Crippen molar-refractivity contribution in [3.8, 4) is 0 Å². The summed E-state index contributed by atoms with van der Waals surface area (Å²) in [7, 11) is 1.93. The van der Waals surface area contributed by atoms with E-state index in [1.807, 2.05) is 24.0 Å². The second-order valence-electron chi connectivity index (χ2n) is 4.63. The van der Waals surface area contributed by atoms with E-state index >= 15 is 0 Å². The average Bonchev–Trinajstić information content (AvgIpc) is 2.84. The van der Waals surface area contributed by atoms with Crippen molar-refractivity contribution in [2.45, 2.75) is 44.6 Å². The summed E-state index contributed by atoms with van der Waals surface area (Å²) in [5.74, 6) is 0.550. The smallest absolute Gasteiger partial charge is 0.0625 e. The second kappa shape index (κ2) is 4.79. The fourth-order valence-corrected chi connectivity index (χ4v) is 2.47. The standard InChI is InChI=1S/C12H20N2O/c1-14-9-8-11(13-14)6-7-12(15)10-4-2-3-5-10/h8-10,12,15H,2-7H2,1H3. The Morgan fingerprint density at radius 1 is 1.53 bits per heavy atom. The molecule has 0 aromatic carbocycles. The van der Waals surface area contributed by atoms with Crippen LogP contribution in [-0.2, 0) is 13.5 Å². The fourth-order valence-electron chi connectivity index (χ4n) is 2.47. The van der Waals surface area contributed by atoms with E-state index < -0.39 is 0 Å². The lowest BCUT2D eigenvalue weighted by molar-refractivity contribution is 0.102. The third-order valence-corrected chi connectivity index (χ3v) is 3.41. The lowest BCUT2D eigenvalue weighted by Gasteiger charge is -2.16. The Labute approximate surface area is 91.1 Å². The molecule has 1 fully saturated rings. The van der Waals surface area contributed by atoms with Gasteiger partial charge in [0, 0.05) is 13.2 Å². The molecule has 1 N–H and O–H groups in total. The Bertz CT molecular complexity index is 302. The van der Waals surface area contributed by atoms with Gasteiger partial charge in [0.25, 0.3) is 0 Å². The predicted molar refractivity (Wildman–Crippen MR) is 59.5 cm³/mol. The van der Waals surface area contributed by atoms with Crippen molar-refractivity contribution in [1.82, 2.24) is 9.78 Å². The number of rotatable bonds is 4. The van der Waals surface area contributed by atoms with Crippen LogP contribution in [0.2, 0.25) is 0 Å². The first-order chi connectivity index (χ1) is 7.25. The van der Waals surface area contributed by atoms with Crippen LogP contribution in [0.5, 0.6) is 0 Å². The van der Waals surface area contributed by atoms with Crippen molar-refractivity contribution in [3.05, 3.63) is 18.0 Å². The molecule has 1 unspecified atom stereocenters. The maximum absolute atomic E-state index is 9.98. The van der Waals surface area contributed by atoms with E-state index in [0.29, 0.717) is 5.92 Å². The van der Waals surface area contributed by atoms with Crippen molar-refractivity contribution in [1.29, 1.82) is 0 Å². The Morgan fingerprint density at radius 3 is 2.87 bits per heavy atom. The third-order valence-electron chi connectivity index (χ3n) is 3.41. The molecule has 1 aromatic rings. The summed E-state index contributed by atoms with van der Waals surface area (Å²) < 4.78 is 1.82. The molecular formula is C12H20N2O. The van der Waals surface area contributed by atoms with Gasteiger partial charge in [-0.15, -0.1) is 0 Å². The lowest BCUT2D eigenvalue weighted by Crippen LogP contribution is -2.18. The highest BCUT2D eigenvalue weighted by molar-refractivity contribution is 4.99. The monoisotopic (exact) mass is 208 g/mol. The number of aliphatic hydroxyl groups is 1. The van der Waals surface area contributed by atoms with Crippen LogP contribution in [0.1, 0.15) is 37.8 Å². The SMILES string of the molecule is Cn1ccc(CCC(O)C2CCCC2)n1. The normalized spacial score (nSPS) is 19.6. The summed E-state index contributed by atoms with van der Waals surface area (Å²) in [4.78, 5) is 0. The summed E-state index contributed by atoms with van der Waals surface area (Å²) in [6, 6.07) is 2.03. The minimum Gasteiger partial charge on any atom is -0.393 e. The molecule has 1 aliphatic rings. The highest BCUT2D eigenvalue weighted by Crippen LogP contribution is 2.29. The maximum atomic E-state index is 9.98. The molecule has 3 heteroatoms. The summed E-state index contributed by atoms with van der Waals surface area (Å²) in [5.41, 5.74) is 1.09. The molecule has 1 atom stereocenters. The van der Waals surface area contributed by atoms with Gasteiger partial charge < -0.3 is 5.11 Å². The molecule has 0 radical (unpaired) electrons. The van der Waals surface area contributed by atoms with E-state index in [2.05, 4.69) is 5.10 Å². The van der Waals surface area contributed by atoms with Crippen LogP contribution in [0.15, 0.2) is 12.3 Å². The molecule has 84 valence electrons. The van der Waals surface area contributed by atoms with Gasteiger partial charge in [0.2, 0.25) is 0 Å². The number of aliphatic hydroxyl groups excluding tert-OH is 1. The second-order valence-corrected chi connectivity index (χ2v) is 4.63. The maximum Gasteiger partial charge on any atom is 0.0625 e. The topological polar surface area (TPSA) is 38.0 Å². The van der Waals surface area contributed by atoms with Gasteiger partial charge in [0.1, 0.15) is 0 Å². The first kappa shape index (κ1) is 10.7. The first-order valence-corrected chi connectivity index (χ1v) is 5.92. The Hall–Kier alpha value is -0.830. The molecule has 1 saturated carbocycles. The fraction of sp³-hybridized carbons (Fsp3) is 0.750. The minimum atomic E-state index is -0.116. The first-order valence-electron chi connectivity index (χ1n) is 5.92. The van der Waals surface area contributed by atoms with Crippen LogP contribution < -0.4 is 0 Å². The molecule has 0 bridgehead atoms. The van der Waals surface area contributed by atoms with Crippen molar-refractivity contribution in [2.24, 2.45) is 13.0 Å². The highest BCUT2D eigenvalue weighted by Gasteiger charge is 2.22. The molecule has 15 heavy (non-hydrogen) atoms. The van der Waals surface area contributed by atoms with Crippen LogP contribution in [0.4, 0.5) is 0 Å². The van der Waals surface area contributed by atoms with Gasteiger partial charge in [-0.1, -0.05) is 12.8 Å². The molecule has 0 saturated heterocycles. The minimum absolute atomic E-state index is 0.116. The molecule has 0 spiro atoms. The van der Waals surface area contributed by atoms with Crippen molar-refractivity contribution < 1.29 is 5.11 Å². The van der Waals surface area contributed by atoms with E-state index in [1.165, 1.54) is 25.7 Å². The van der Waals surface area contributed by atoms with E-state index in [9.17, 15) is 5.11 Å². The van der Waals surface area contributed by atoms with Crippen LogP contribution in [-0.4, -0.2) is 21.0 Å². The van der Waals surface area contributed by atoms with E-state index in [-0.39, 0.29) is 6.10 Å². The van der Waals surface area contributed by atoms with Crippen LogP contribution in [0.3, 0.4) is 0 Å². The van der Waals surface area contributed by atoms with Gasteiger partial charge in [0.05, 0.1) is 11.8 Å². The van der Waals surface area contributed by atoms with Gasteiger partial charge >= 0.3 is 0 Å². The van der Waals surface area contributed by atoms with Crippen molar-refractivity contribution >= 4 is 0 Å². The zero-order valence-electron chi connectivity index (χ0n) is 9.39. The summed E-state index contributed by atoms with van der Waals surface area (Å²) >= 11 is 0. The zero-order chi connectivity index (χ0) is 10.7. The summed E-state index contributed by atoms with van der Waals surface area (Å²) in [6.45, 7) is 0. The third kappa shape index (κ3) is 2.81. The highest BCUT2D eigenvalue weighted by atomic mass is 16.3. The molecule has 1 heterocycles. The van der Waals surface area contributed by atoms with E-state index in [4.69, 9.17) is 0 Å². The van der Waals surface area contributed by atoms with Crippen LogP contribution in [0, 0.1) is 5.92 Å². The number of hydrogen-bond donors (Lipinski definition) is 1. The number of aryl methyl sites for hydroxylation is 2. The largest absolute Gasteiger partial charge is 0.393 e. The number of nitrogens with zero attached hydrogens (tertiary/aromatic N) is 2. The Kier molecular flexibility index (Phi) is 3.41. The Balaban J connectivity index is 1.77. The molecular weight excluding hydrogens is 188 g/mol. The van der Waals surface area contributed by atoms with Gasteiger partial charge in [-0.05, 0) is 37.7 Å². The van der Waals surface area contributed by atoms with E-state index in [0.717, 1.165) is 18.5 Å². The van der Waals surface area contributed by atoms with E-state index in [1.54, 1.807) is 0 Å². The number of aromatic nitrogens is 2. The van der Waals surface area contributed by atoms with Gasteiger partial charge in [-0.3, -0.25) is 4.68 Å². The van der Waals surface area contributed by atoms with Crippen LogP contribution >= 0.6 is 0 Å². The quantitative estimate of drug-likeness (QED) is 0.820. The van der Waals surface area contributed by atoms with Crippen LogP contribution in [0.25, 0.3) is 0 Å². The zero-order valence-corrected chi connectivity index (χ0v) is 9.39. The average molecular weight is 208 g/mol. The predicted octanol–water partition coefficient (Wildman–Crippen LogP) is 1.90. The van der Waals surface area contributed by atoms with Gasteiger partial charge in [-0.25, -0.2) is 0 Å². The number of hydrogen-bond acceptors (Lipinski definition) is 2. The van der Waals surface area contributed by atoms with Crippen molar-refractivity contribution in [2.75, 3.05) is 0 Å². The summed E-state index contributed by atoms with van der Waals surface area (Å²) in [6.07, 6.45) is 8.62. The van der Waals surface area contributed by atoms with Crippen molar-refractivity contribution in [3.63, 3.8) is 0 Å². The molecule has 3 nitrogen and oxygen atoms in total.